The number of carbonyl (C=O) groups excluding carboxylic acids is 1. The van der Waals surface area contributed by atoms with Gasteiger partial charge in [0.1, 0.15) is 5.60 Å². The molecule has 2 aliphatic rings. The molecular weight excluding hydrogens is 206 g/mol. The molecule has 0 amide bonds. The van der Waals surface area contributed by atoms with Crippen LogP contribution in [0.2, 0.25) is 0 Å². The van der Waals surface area contributed by atoms with E-state index in [2.05, 4.69) is 5.32 Å². The first-order valence-corrected chi connectivity index (χ1v) is 6.03. The van der Waals surface area contributed by atoms with Gasteiger partial charge in [0, 0.05) is 19.2 Å². The molecule has 0 spiro atoms. The average molecular weight is 227 g/mol. The summed E-state index contributed by atoms with van der Waals surface area (Å²) in [5, 5.41) is 3.37. The second kappa shape index (κ2) is 4.34. The van der Waals surface area contributed by atoms with E-state index in [0.29, 0.717) is 6.04 Å². The van der Waals surface area contributed by atoms with Gasteiger partial charge in [0.2, 0.25) is 0 Å². The fourth-order valence-electron chi connectivity index (χ4n) is 2.34. The third kappa shape index (κ3) is 2.74. The molecule has 2 aliphatic heterocycles. The van der Waals surface area contributed by atoms with Crippen LogP contribution >= 0.6 is 0 Å². The summed E-state index contributed by atoms with van der Waals surface area (Å²) in [6.07, 6.45) is 2.06. The maximum Gasteiger partial charge on any atom is 0.310 e. The summed E-state index contributed by atoms with van der Waals surface area (Å²) in [5.74, 6) is -0.160. The van der Waals surface area contributed by atoms with Crippen molar-refractivity contribution in [1.29, 1.82) is 0 Å². The standard InChI is InChI=1S/C12H21NO3/c1-12(2,3)16-11(14)8-6-10-9(13-7-8)4-5-15-10/h8-10,13H,4-7H2,1-3H3. The Morgan fingerprint density at radius 2 is 2.19 bits per heavy atom. The summed E-state index contributed by atoms with van der Waals surface area (Å²) >= 11 is 0. The van der Waals surface area contributed by atoms with E-state index >= 15 is 0 Å². The van der Waals surface area contributed by atoms with Crippen LogP contribution in [0, 0.1) is 5.92 Å². The summed E-state index contributed by atoms with van der Waals surface area (Å²) in [4.78, 5) is 11.9. The molecule has 0 radical (unpaired) electrons. The maximum atomic E-state index is 11.9. The van der Waals surface area contributed by atoms with Gasteiger partial charge in [-0.3, -0.25) is 4.79 Å². The number of ether oxygens (including phenoxy) is 2. The lowest BCUT2D eigenvalue weighted by molar-refractivity contribution is -0.162. The molecule has 1 N–H and O–H groups in total. The Kier molecular flexibility index (Phi) is 3.22. The Balaban J connectivity index is 1.89. The molecule has 3 unspecified atom stereocenters. The van der Waals surface area contributed by atoms with Gasteiger partial charge in [0.25, 0.3) is 0 Å². The number of fused-ring (bicyclic) bond motifs is 1. The van der Waals surface area contributed by atoms with Crippen LogP contribution in [0.3, 0.4) is 0 Å². The molecule has 2 saturated heterocycles. The van der Waals surface area contributed by atoms with Crippen LogP contribution in [0.15, 0.2) is 0 Å². The Bertz CT molecular complexity index is 272. The monoisotopic (exact) mass is 227 g/mol. The fraction of sp³-hybridized carbons (Fsp3) is 0.917. The summed E-state index contributed by atoms with van der Waals surface area (Å²) in [5.41, 5.74) is -0.398. The Morgan fingerprint density at radius 1 is 1.44 bits per heavy atom. The van der Waals surface area contributed by atoms with Crippen LogP contribution in [-0.4, -0.2) is 36.9 Å². The van der Waals surface area contributed by atoms with E-state index in [1.54, 1.807) is 0 Å². The average Bonchev–Trinajstić information content (AvgIpc) is 2.61. The van der Waals surface area contributed by atoms with Crippen LogP contribution in [0.5, 0.6) is 0 Å². The lowest BCUT2D eigenvalue weighted by Crippen LogP contribution is -2.49. The van der Waals surface area contributed by atoms with Crippen molar-refractivity contribution in [3.05, 3.63) is 0 Å². The van der Waals surface area contributed by atoms with Gasteiger partial charge >= 0.3 is 5.97 Å². The highest BCUT2D eigenvalue weighted by Crippen LogP contribution is 2.26. The molecule has 3 atom stereocenters. The maximum absolute atomic E-state index is 11.9. The van der Waals surface area contributed by atoms with Crippen LogP contribution in [0.25, 0.3) is 0 Å². The van der Waals surface area contributed by atoms with Gasteiger partial charge < -0.3 is 14.8 Å². The summed E-state index contributed by atoms with van der Waals surface area (Å²) < 4.78 is 11.0. The van der Waals surface area contributed by atoms with Crippen LogP contribution in [0.4, 0.5) is 0 Å². The van der Waals surface area contributed by atoms with Crippen molar-refractivity contribution in [3.63, 3.8) is 0 Å². The zero-order valence-corrected chi connectivity index (χ0v) is 10.3. The van der Waals surface area contributed by atoms with Crippen molar-refractivity contribution in [2.24, 2.45) is 5.92 Å². The van der Waals surface area contributed by atoms with E-state index in [-0.39, 0.29) is 18.0 Å². The van der Waals surface area contributed by atoms with Crippen molar-refractivity contribution < 1.29 is 14.3 Å². The zero-order chi connectivity index (χ0) is 11.8. The predicted octanol–water partition coefficient (Wildman–Crippen LogP) is 1.10. The SMILES string of the molecule is CC(C)(C)OC(=O)C1CNC2CCOC2C1. The highest BCUT2D eigenvalue weighted by Gasteiger charge is 2.38. The second-order valence-corrected chi connectivity index (χ2v) is 5.68. The van der Waals surface area contributed by atoms with Gasteiger partial charge in [0.15, 0.2) is 0 Å². The molecule has 0 aliphatic carbocycles. The minimum atomic E-state index is -0.398. The first-order chi connectivity index (χ1) is 7.46. The number of hydrogen-bond donors (Lipinski definition) is 1. The molecule has 2 rings (SSSR count). The van der Waals surface area contributed by atoms with Crippen LogP contribution < -0.4 is 5.32 Å². The quantitative estimate of drug-likeness (QED) is 0.681. The number of carbonyl (C=O) groups is 1. The topological polar surface area (TPSA) is 47.6 Å². The van der Waals surface area contributed by atoms with Crippen molar-refractivity contribution in [2.45, 2.75) is 51.4 Å². The van der Waals surface area contributed by atoms with E-state index in [1.165, 1.54) is 0 Å². The number of esters is 1. The molecule has 16 heavy (non-hydrogen) atoms. The highest BCUT2D eigenvalue weighted by atomic mass is 16.6. The number of hydrogen-bond acceptors (Lipinski definition) is 4. The summed E-state index contributed by atoms with van der Waals surface area (Å²) in [6.45, 7) is 7.23. The van der Waals surface area contributed by atoms with E-state index in [1.807, 2.05) is 20.8 Å². The highest BCUT2D eigenvalue weighted by molar-refractivity contribution is 5.73. The van der Waals surface area contributed by atoms with E-state index in [9.17, 15) is 4.79 Å². The first-order valence-electron chi connectivity index (χ1n) is 6.03. The summed E-state index contributed by atoms with van der Waals surface area (Å²) in [6, 6.07) is 0.443. The second-order valence-electron chi connectivity index (χ2n) is 5.68. The molecule has 92 valence electrons. The van der Waals surface area contributed by atoms with Crippen LogP contribution in [-0.2, 0) is 14.3 Å². The summed E-state index contributed by atoms with van der Waals surface area (Å²) in [7, 11) is 0. The normalized spacial score (nSPS) is 34.6. The van der Waals surface area contributed by atoms with Gasteiger partial charge in [-0.05, 0) is 33.6 Å². The van der Waals surface area contributed by atoms with Gasteiger partial charge in [-0.25, -0.2) is 0 Å². The lowest BCUT2D eigenvalue weighted by atomic mass is 9.92. The molecule has 2 heterocycles. The molecule has 0 saturated carbocycles. The van der Waals surface area contributed by atoms with Gasteiger partial charge in [0.05, 0.1) is 12.0 Å². The Hall–Kier alpha value is -0.610. The molecule has 0 aromatic carbocycles. The zero-order valence-electron chi connectivity index (χ0n) is 10.3. The lowest BCUT2D eigenvalue weighted by Gasteiger charge is -2.32. The fourth-order valence-corrected chi connectivity index (χ4v) is 2.34. The molecule has 0 aromatic rings. The Morgan fingerprint density at radius 3 is 2.88 bits per heavy atom. The van der Waals surface area contributed by atoms with Gasteiger partial charge in [-0.2, -0.15) is 0 Å². The van der Waals surface area contributed by atoms with Crippen molar-refractivity contribution in [3.8, 4) is 0 Å². The largest absolute Gasteiger partial charge is 0.460 e. The van der Waals surface area contributed by atoms with Crippen molar-refractivity contribution >= 4 is 5.97 Å². The number of rotatable bonds is 1. The third-order valence-corrected chi connectivity index (χ3v) is 3.09. The van der Waals surface area contributed by atoms with Crippen LogP contribution in [0.1, 0.15) is 33.6 Å². The minimum Gasteiger partial charge on any atom is -0.460 e. The number of nitrogens with one attached hydrogen (secondary N) is 1. The van der Waals surface area contributed by atoms with Crippen molar-refractivity contribution in [1.82, 2.24) is 5.32 Å². The number of piperidine rings is 1. The first kappa shape index (κ1) is 11.9. The molecule has 2 fully saturated rings. The van der Waals surface area contributed by atoms with Crippen molar-refractivity contribution in [2.75, 3.05) is 13.2 Å². The van der Waals surface area contributed by atoms with E-state index in [4.69, 9.17) is 9.47 Å². The molecule has 4 nitrogen and oxygen atoms in total. The Labute approximate surface area is 96.7 Å². The molecule has 0 bridgehead atoms. The third-order valence-electron chi connectivity index (χ3n) is 3.09. The molecule has 4 heteroatoms. The van der Waals surface area contributed by atoms with Gasteiger partial charge in [-0.15, -0.1) is 0 Å². The molecule has 0 aromatic heterocycles. The van der Waals surface area contributed by atoms with Gasteiger partial charge in [-0.1, -0.05) is 0 Å². The van der Waals surface area contributed by atoms with E-state index < -0.39 is 5.60 Å². The smallest absolute Gasteiger partial charge is 0.310 e. The predicted molar refractivity (Wildman–Crippen MR) is 60.1 cm³/mol. The van der Waals surface area contributed by atoms with E-state index in [0.717, 1.165) is 26.0 Å². The minimum absolute atomic E-state index is 0.0569. The molecular formula is C12H21NO3.